The van der Waals surface area contributed by atoms with Gasteiger partial charge in [0, 0.05) is 43.8 Å². The van der Waals surface area contributed by atoms with Crippen molar-refractivity contribution < 1.29 is 9.59 Å². The Morgan fingerprint density at radius 3 is 2.29 bits per heavy atom. The second-order valence-corrected chi connectivity index (χ2v) is 11.0. The van der Waals surface area contributed by atoms with Gasteiger partial charge < -0.3 is 20.0 Å². The van der Waals surface area contributed by atoms with E-state index in [0.717, 1.165) is 28.2 Å². The number of amides is 2. The molecule has 1 N–H and O–H groups in total. The standard InChI is InChI=1S/C29H37N7O2/c1-17(2)35-21(6)28(37)33(7)24-13-10-22(14-25(24)35)27-31-26(29(38)34-15-19(4)30-20(5)16-34)32-36(27)23-11-8-18(3)9-12-23/h8-14,17,19-21,30H,15-16H2,1-7H3/t19-,20+,21?. The summed E-state index contributed by atoms with van der Waals surface area (Å²) >= 11 is 0. The minimum absolute atomic E-state index is 0.0640. The summed E-state index contributed by atoms with van der Waals surface area (Å²) in [6.07, 6.45) is 0. The Kier molecular flexibility index (Phi) is 6.73. The minimum Gasteiger partial charge on any atom is -0.356 e. The molecule has 2 amide bonds. The van der Waals surface area contributed by atoms with Crippen molar-refractivity contribution in [2.24, 2.45) is 0 Å². The van der Waals surface area contributed by atoms with E-state index < -0.39 is 0 Å². The molecular formula is C29H37N7O2. The highest BCUT2D eigenvalue weighted by atomic mass is 16.2. The number of nitrogens with one attached hydrogen (secondary N) is 1. The van der Waals surface area contributed by atoms with Crippen LogP contribution in [0.15, 0.2) is 42.5 Å². The molecule has 0 bridgehead atoms. The zero-order valence-electron chi connectivity index (χ0n) is 23.3. The van der Waals surface area contributed by atoms with Gasteiger partial charge in [0.2, 0.25) is 11.7 Å². The third-order valence-corrected chi connectivity index (χ3v) is 7.46. The molecule has 2 aromatic carbocycles. The van der Waals surface area contributed by atoms with Gasteiger partial charge in [0.25, 0.3) is 5.91 Å². The normalized spacial score (nSPS) is 21.7. The van der Waals surface area contributed by atoms with Crippen LogP contribution < -0.4 is 15.1 Å². The van der Waals surface area contributed by atoms with Gasteiger partial charge in [-0.25, -0.2) is 9.67 Å². The third kappa shape index (κ3) is 4.55. The number of carbonyl (C=O) groups is 2. The maximum Gasteiger partial charge on any atom is 0.293 e. The number of rotatable bonds is 4. The number of anilines is 2. The smallest absolute Gasteiger partial charge is 0.293 e. The van der Waals surface area contributed by atoms with Gasteiger partial charge >= 0.3 is 0 Å². The summed E-state index contributed by atoms with van der Waals surface area (Å²) in [6, 6.07) is 14.2. The van der Waals surface area contributed by atoms with Crippen molar-refractivity contribution in [3.63, 3.8) is 0 Å². The Hall–Kier alpha value is -3.72. The molecular weight excluding hydrogens is 478 g/mol. The highest BCUT2D eigenvalue weighted by Crippen LogP contribution is 2.39. The SMILES string of the molecule is Cc1ccc(-n2nc(C(=O)N3C[C@@H](C)N[C@@H](C)C3)nc2-c2ccc3c(c2)N(C(C)C)C(C)C(=O)N3C)cc1. The Labute approximate surface area is 224 Å². The van der Waals surface area contributed by atoms with Crippen LogP contribution in [-0.2, 0) is 4.79 Å². The maximum atomic E-state index is 13.6. The van der Waals surface area contributed by atoms with Gasteiger partial charge in [0.15, 0.2) is 5.82 Å². The van der Waals surface area contributed by atoms with E-state index in [1.165, 1.54) is 0 Å². The van der Waals surface area contributed by atoms with Gasteiger partial charge in [-0.05, 0) is 71.9 Å². The lowest BCUT2D eigenvalue weighted by atomic mass is 10.0. The number of aryl methyl sites for hydroxylation is 1. The molecule has 200 valence electrons. The monoisotopic (exact) mass is 515 g/mol. The van der Waals surface area contributed by atoms with Crippen molar-refractivity contribution in [3.05, 3.63) is 53.9 Å². The fourth-order valence-electron chi connectivity index (χ4n) is 5.69. The number of aromatic nitrogens is 3. The number of fused-ring (bicyclic) bond motifs is 1. The molecule has 0 radical (unpaired) electrons. The van der Waals surface area contributed by atoms with Crippen molar-refractivity contribution in [1.82, 2.24) is 25.0 Å². The van der Waals surface area contributed by atoms with Crippen LogP contribution in [0.3, 0.4) is 0 Å². The molecule has 5 rings (SSSR count). The molecule has 0 aliphatic carbocycles. The van der Waals surface area contributed by atoms with Gasteiger partial charge in [0.05, 0.1) is 17.1 Å². The van der Waals surface area contributed by atoms with E-state index in [9.17, 15) is 9.59 Å². The van der Waals surface area contributed by atoms with Crippen LogP contribution in [0, 0.1) is 6.92 Å². The van der Waals surface area contributed by atoms with E-state index in [2.05, 4.69) is 44.0 Å². The Bertz CT molecular complexity index is 1350. The lowest BCUT2D eigenvalue weighted by molar-refractivity contribution is -0.119. The first-order valence-corrected chi connectivity index (χ1v) is 13.3. The minimum atomic E-state index is -0.286. The highest BCUT2D eigenvalue weighted by Gasteiger charge is 2.36. The second kappa shape index (κ2) is 9.87. The van der Waals surface area contributed by atoms with Gasteiger partial charge in [-0.2, -0.15) is 0 Å². The summed E-state index contributed by atoms with van der Waals surface area (Å²) in [5.74, 6) is 0.667. The average Bonchev–Trinajstić information content (AvgIpc) is 3.32. The van der Waals surface area contributed by atoms with E-state index in [1.807, 2.05) is 62.2 Å². The Morgan fingerprint density at radius 1 is 1.00 bits per heavy atom. The van der Waals surface area contributed by atoms with E-state index in [0.29, 0.717) is 18.9 Å². The van der Waals surface area contributed by atoms with Gasteiger partial charge in [0.1, 0.15) is 6.04 Å². The maximum absolute atomic E-state index is 13.6. The molecule has 1 unspecified atom stereocenters. The lowest BCUT2D eigenvalue weighted by Gasteiger charge is -2.42. The molecule has 1 fully saturated rings. The van der Waals surface area contributed by atoms with E-state index >= 15 is 0 Å². The Balaban J connectivity index is 1.63. The molecule has 3 aromatic rings. The molecule has 2 aliphatic heterocycles. The number of piperazine rings is 1. The number of benzene rings is 2. The number of nitrogens with zero attached hydrogens (tertiary/aromatic N) is 6. The van der Waals surface area contributed by atoms with E-state index in [4.69, 9.17) is 10.1 Å². The van der Waals surface area contributed by atoms with Crippen molar-refractivity contribution in [1.29, 1.82) is 0 Å². The Morgan fingerprint density at radius 2 is 1.66 bits per heavy atom. The lowest BCUT2D eigenvalue weighted by Crippen LogP contribution is -2.56. The summed E-state index contributed by atoms with van der Waals surface area (Å²) in [6.45, 7) is 13.5. The molecule has 0 spiro atoms. The van der Waals surface area contributed by atoms with Crippen LogP contribution in [0.25, 0.3) is 17.1 Å². The van der Waals surface area contributed by atoms with E-state index in [1.54, 1.807) is 9.58 Å². The largest absolute Gasteiger partial charge is 0.356 e. The van der Waals surface area contributed by atoms with Crippen molar-refractivity contribution in [2.45, 2.75) is 65.7 Å². The fourth-order valence-corrected chi connectivity index (χ4v) is 5.69. The predicted octanol–water partition coefficient (Wildman–Crippen LogP) is 3.64. The summed E-state index contributed by atoms with van der Waals surface area (Å²) in [5, 5.41) is 8.20. The van der Waals surface area contributed by atoms with Gasteiger partial charge in [-0.15, -0.1) is 5.10 Å². The molecule has 9 nitrogen and oxygen atoms in total. The first-order chi connectivity index (χ1) is 18.0. The van der Waals surface area contributed by atoms with Crippen LogP contribution in [0.1, 0.15) is 50.8 Å². The number of hydrogen-bond acceptors (Lipinski definition) is 6. The van der Waals surface area contributed by atoms with Crippen molar-refractivity contribution in [2.75, 3.05) is 29.9 Å². The molecule has 38 heavy (non-hydrogen) atoms. The molecule has 1 saturated heterocycles. The van der Waals surface area contributed by atoms with Crippen LogP contribution in [0.2, 0.25) is 0 Å². The molecule has 9 heteroatoms. The summed E-state index contributed by atoms with van der Waals surface area (Å²) < 4.78 is 1.75. The number of likely N-dealkylation sites (N-methyl/N-ethyl adjacent to an activating group) is 1. The quantitative estimate of drug-likeness (QED) is 0.571. The molecule has 2 aliphatic rings. The van der Waals surface area contributed by atoms with Crippen LogP contribution >= 0.6 is 0 Å². The molecule has 0 saturated carbocycles. The molecule has 1 aromatic heterocycles. The van der Waals surface area contributed by atoms with Crippen LogP contribution in [-0.4, -0.2) is 75.8 Å². The predicted molar refractivity (Wildman–Crippen MR) is 150 cm³/mol. The number of carbonyl (C=O) groups excluding carboxylic acids is 2. The molecule has 3 atom stereocenters. The van der Waals surface area contributed by atoms with Crippen molar-refractivity contribution in [3.8, 4) is 17.1 Å². The zero-order valence-corrected chi connectivity index (χ0v) is 23.3. The summed E-state index contributed by atoms with van der Waals surface area (Å²) in [7, 11) is 1.82. The zero-order chi connectivity index (χ0) is 27.3. The summed E-state index contributed by atoms with van der Waals surface area (Å²) in [5.41, 5.74) is 4.62. The summed E-state index contributed by atoms with van der Waals surface area (Å²) in [4.78, 5) is 37.0. The molecule has 3 heterocycles. The first kappa shape index (κ1) is 25.9. The highest BCUT2D eigenvalue weighted by molar-refractivity contribution is 6.05. The second-order valence-electron chi connectivity index (χ2n) is 11.0. The average molecular weight is 516 g/mol. The van der Waals surface area contributed by atoms with Crippen molar-refractivity contribution >= 4 is 23.2 Å². The van der Waals surface area contributed by atoms with Crippen LogP contribution in [0.4, 0.5) is 11.4 Å². The van der Waals surface area contributed by atoms with E-state index in [-0.39, 0.29) is 41.8 Å². The van der Waals surface area contributed by atoms with Crippen LogP contribution in [0.5, 0.6) is 0 Å². The number of hydrogen-bond donors (Lipinski definition) is 1. The van der Waals surface area contributed by atoms with Gasteiger partial charge in [-0.3, -0.25) is 9.59 Å². The van der Waals surface area contributed by atoms with Gasteiger partial charge in [-0.1, -0.05) is 17.7 Å². The topological polar surface area (TPSA) is 86.6 Å². The fraction of sp³-hybridized carbons (Fsp3) is 0.448. The third-order valence-electron chi connectivity index (χ3n) is 7.46. The first-order valence-electron chi connectivity index (χ1n) is 13.3.